The molecule has 46 heavy (non-hydrogen) atoms. The van der Waals surface area contributed by atoms with Crippen LogP contribution >= 0.6 is 0 Å². The van der Waals surface area contributed by atoms with Gasteiger partial charge in [-0.15, -0.1) is 6.42 Å². The van der Waals surface area contributed by atoms with Gasteiger partial charge >= 0.3 is 6.01 Å². The summed E-state index contributed by atoms with van der Waals surface area (Å²) in [5.41, 5.74) is -1.02. The van der Waals surface area contributed by atoms with Crippen LogP contribution in [-0.4, -0.2) is 84.1 Å². The number of rotatable bonds is 8. The Morgan fingerprint density at radius 3 is 2.70 bits per heavy atom. The first-order chi connectivity index (χ1) is 22.0. The fourth-order valence-electron chi connectivity index (χ4n) is 6.93. The number of hydrogen-bond donors (Lipinski definition) is 1. The number of carbonyl (C=O) groups excluding carboxylic acids is 1. The van der Waals surface area contributed by atoms with Crippen molar-refractivity contribution in [3.05, 3.63) is 53.6 Å². The molecule has 1 N–H and O–H groups in total. The molecule has 240 valence electrons. The maximum atomic E-state index is 16.9. The first-order valence-electron chi connectivity index (χ1n) is 15.2. The lowest BCUT2D eigenvalue weighted by Gasteiger charge is -2.40. The van der Waals surface area contributed by atoms with Crippen LogP contribution in [0.25, 0.3) is 32.8 Å². The normalized spacial score (nSPS) is 23.5. The molecule has 3 atom stereocenters. The van der Waals surface area contributed by atoms with Crippen molar-refractivity contribution in [2.45, 2.75) is 50.4 Å². The summed E-state index contributed by atoms with van der Waals surface area (Å²) >= 11 is 0. The topological polar surface area (TPSA) is 97.2 Å². The Morgan fingerprint density at radius 1 is 1.15 bits per heavy atom. The van der Waals surface area contributed by atoms with Crippen LogP contribution in [0.1, 0.15) is 38.7 Å². The average Bonchev–Trinajstić information content (AvgIpc) is 3.32. The molecule has 1 aromatic heterocycles. The molecule has 2 saturated heterocycles. The van der Waals surface area contributed by atoms with Gasteiger partial charge in [-0.05, 0) is 75.4 Å². The van der Waals surface area contributed by atoms with Crippen molar-refractivity contribution in [1.29, 1.82) is 0 Å². The van der Waals surface area contributed by atoms with E-state index in [1.807, 2.05) is 25.8 Å². The van der Waals surface area contributed by atoms with E-state index in [9.17, 15) is 14.3 Å². The molecule has 0 amide bonds. The number of ether oxygens (including phenoxy) is 3. The highest BCUT2D eigenvalue weighted by Crippen LogP contribution is 2.41. The second-order valence-electron chi connectivity index (χ2n) is 12.6. The van der Waals surface area contributed by atoms with Gasteiger partial charge in [-0.25, -0.2) is 8.78 Å². The summed E-state index contributed by atoms with van der Waals surface area (Å²) in [6.07, 6.45) is 7.80. The number of nitrogens with zero attached hydrogens (tertiary/aromatic N) is 4. The second kappa shape index (κ2) is 12.0. The van der Waals surface area contributed by atoms with Crippen molar-refractivity contribution >= 4 is 34.0 Å². The summed E-state index contributed by atoms with van der Waals surface area (Å²) in [4.78, 5) is 24.7. The van der Waals surface area contributed by atoms with Gasteiger partial charge in [0.1, 0.15) is 35.1 Å². The third kappa shape index (κ3) is 5.35. The van der Waals surface area contributed by atoms with Crippen LogP contribution in [0.3, 0.4) is 0 Å². The summed E-state index contributed by atoms with van der Waals surface area (Å²) in [7, 11) is 3.66. The van der Waals surface area contributed by atoms with E-state index in [-0.39, 0.29) is 46.7 Å². The Morgan fingerprint density at radius 2 is 1.96 bits per heavy atom. The Bertz CT molecular complexity index is 1880. The summed E-state index contributed by atoms with van der Waals surface area (Å²) in [6, 6.07) is 8.73. The lowest BCUT2D eigenvalue weighted by Crippen LogP contribution is -2.51. The third-order valence-corrected chi connectivity index (χ3v) is 9.61. The monoisotopic (exact) mass is 630 g/mol. The highest BCUT2D eigenvalue weighted by atomic mass is 19.1. The van der Waals surface area contributed by atoms with E-state index in [0.717, 1.165) is 13.0 Å². The Labute approximate surface area is 266 Å². The molecular formula is C35H36F2N4O5. The molecule has 0 saturated carbocycles. The molecule has 4 aromatic rings. The Kier molecular flexibility index (Phi) is 8.21. The van der Waals surface area contributed by atoms with Crippen LogP contribution < -0.4 is 9.64 Å². The molecule has 3 aromatic carbocycles. The van der Waals surface area contributed by atoms with E-state index in [1.54, 1.807) is 19.2 Å². The van der Waals surface area contributed by atoms with E-state index < -0.39 is 22.8 Å². The van der Waals surface area contributed by atoms with Gasteiger partial charge in [0.25, 0.3) is 6.47 Å². The zero-order valence-corrected chi connectivity index (χ0v) is 26.3. The minimum Gasteiger partial charge on any atom is -0.508 e. The highest BCUT2D eigenvalue weighted by molar-refractivity contribution is 6.04. The standard InChI is InChI=1S/C35H36F2N4O5/c1-6-23-27(36)11-8-21-16-22(43)17-26(29(21)23)24-9-10-25-31(30(24)37)38-33(45-19-35(3)28(44-5)12-15-40(35)4)39-32(25)41-14-7-13-34(2,18-41)46-20-42/h1,8-11,16-17,20,28,43H,7,12-15,18-19H2,2-5H3. The van der Waals surface area contributed by atoms with Crippen LogP contribution in [0.5, 0.6) is 11.8 Å². The molecule has 9 nitrogen and oxygen atoms in total. The van der Waals surface area contributed by atoms with Crippen LogP contribution in [0.15, 0.2) is 36.4 Å². The smallest absolute Gasteiger partial charge is 0.319 e. The molecule has 2 fully saturated rings. The van der Waals surface area contributed by atoms with Gasteiger partial charge in [0.05, 0.1) is 23.8 Å². The molecule has 2 aliphatic heterocycles. The van der Waals surface area contributed by atoms with Crippen LogP contribution in [-0.2, 0) is 14.3 Å². The average molecular weight is 631 g/mol. The molecule has 2 aliphatic rings. The second-order valence-corrected chi connectivity index (χ2v) is 12.6. The number of phenolic OH excluding ortho intramolecular Hbond substituents is 1. The summed E-state index contributed by atoms with van der Waals surface area (Å²) in [5, 5.41) is 11.7. The van der Waals surface area contributed by atoms with Crippen molar-refractivity contribution in [2.75, 3.05) is 45.3 Å². The molecule has 0 radical (unpaired) electrons. The number of fused-ring (bicyclic) bond motifs is 2. The lowest BCUT2D eigenvalue weighted by atomic mass is 9.92. The van der Waals surface area contributed by atoms with Crippen molar-refractivity contribution in [3.8, 4) is 35.2 Å². The predicted octanol–water partition coefficient (Wildman–Crippen LogP) is 5.44. The molecule has 0 aliphatic carbocycles. The fraction of sp³-hybridized carbons (Fsp3) is 0.400. The molecule has 3 unspecified atom stereocenters. The molecule has 3 heterocycles. The zero-order valence-electron chi connectivity index (χ0n) is 26.3. The van der Waals surface area contributed by atoms with E-state index in [0.29, 0.717) is 54.4 Å². The van der Waals surface area contributed by atoms with E-state index in [1.165, 1.54) is 24.3 Å². The molecule has 6 rings (SSSR count). The first kappa shape index (κ1) is 31.5. The van der Waals surface area contributed by atoms with Gasteiger partial charge in [0.15, 0.2) is 5.82 Å². The molecule has 11 heteroatoms. The maximum absolute atomic E-state index is 16.9. The highest BCUT2D eigenvalue weighted by Gasteiger charge is 2.44. The molecule has 0 spiro atoms. The number of hydrogen-bond acceptors (Lipinski definition) is 9. The van der Waals surface area contributed by atoms with Crippen molar-refractivity contribution in [1.82, 2.24) is 14.9 Å². The number of benzene rings is 3. The number of terminal acetylenes is 1. The first-order valence-corrected chi connectivity index (χ1v) is 15.2. The molecule has 0 bridgehead atoms. The van der Waals surface area contributed by atoms with Crippen molar-refractivity contribution in [3.63, 3.8) is 0 Å². The number of likely N-dealkylation sites (N-methyl/N-ethyl adjacent to an activating group) is 1. The minimum atomic E-state index is -0.765. The largest absolute Gasteiger partial charge is 0.508 e. The summed E-state index contributed by atoms with van der Waals surface area (Å²) in [5.74, 6) is 1.33. The SMILES string of the molecule is C#Cc1c(F)ccc2cc(O)cc(-c3ccc4c(N5CCCC(C)(OC=O)C5)nc(OCC5(C)C(OC)CCN5C)nc4c3F)c12. The van der Waals surface area contributed by atoms with Gasteiger partial charge < -0.3 is 24.2 Å². The number of aromatic nitrogens is 2. The van der Waals surface area contributed by atoms with E-state index in [4.69, 9.17) is 25.6 Å². The summed E-state index contributed by atoms with van der Waals surface area (Å²) < 4.78 is 49.1. The Hall–Kier alpha value is -4.53. The number of methoxy groups -OCH3 is 1. The van der Waals surface area contributed by atoms with Crippen molar-refractivity contribution < 1.29 is 32.9 Å². The lowest BCUT2D eigenvalue weighted by molar-refractivity contribution is -0.142. The van der Waals surface area contributed by atoms with Gasteiger partial charge in [-0.3, -0.25) is 9.69 Å². The third-order valence-electron chi connectivity index (χ3n) is 9.61. The number of likely N-dealkylation sites (tertiary alicyclic amines) is 1. The number of halogens is 2. The van der Waals surface area contributed by atoms with Gasteiger partial charge in [-0.2, -0.15) is 9.97 Å². The van der Waals surface area contributed by atoms with Crippen LogP contribution in [0, 0.1) is 24.0 Å². The number of piperidine rings is 1. The number of phenols is 1. The Balaban J connectivity index is 1.53. The van der Waals surface area contributed by atoms with Gasteiger partial charge in [0, 0.05) is 36.5 Å². The van der Waals surface area contributed by atoms with Crippen LogP contribution in [0.2, 0.25) is 0 Å². The van der Waals surface area contributed by atoms with E-state index in [2.05, 4.69) is 15.8 Å². The summed E-state index contributed by atoms with van der Waals surface area (Å²) in [6.45, 7) is 6.25. The number of aromatic hydroxyl groups is 1. The van der Waals surface area contributed by atoms with Crippen LogP contribution in [0.4, 0.5) is 14.6 Å². The van der Waals surface area contributed by atoms with Gasteiger partial charge in [-0.1, -0.05) is 18.1 Å². The molecular weight excluding hydrogens is 594 g/mol. The maximum Gasteiger partial charge on any atom is 0.319 e. The fourth-order valence-corrected chi connectivity index (χ4v) is 6.93. The van der Waals surface area contributed by atoms with Gasteiger partial charge in [0.2, 0.25) is 0 Å². The van der Waals surface area contributed by atoms with E-state index >= 15 is 4.39 Å². The number of carbonyl (C=O) groups is 1. The minimum absolute atomic E-state index is 0.0237. The zero-order chi connectivity index (χ0) is 32.8. The quantitative estimate of drug-likeness (QED) is 0.202. The number of anilines is 1. The predicted molar refractivity (Wildman–Crippen MR) is 171 cm³/mol. The van der Waals surface area contributed by atoms with Crippen molar-refractivity contribution in [2.24, 2.45) is 0 Å².